The molecule has 2 unspecified atom stereocenters. The summed E-state index contributed by atoms with van der Waals surface area (Å²) in [6, 6.07) is 3.94. The second-order valence-corrected chi connectivity index (χ2v) is 5.25. The van der Waals surface area contributed by atoms with Gasteiger partial charge in [0.25, 0.3) is 0 Å². The Balaban J connectivity index is 2.12. The Kier molecular flexibility index (Phi) is 4.37. The Morgan fingerprint density at radius 1 is 1.50 bits per heavy atom. The van der Waals surface area contributed by atoms with Gasteiger partial charge in [-0.2, -0.15) is 0 Å². The molecule has 0 aliphatic carbocycles. The Morgan fingerprint density at radius 3 is 2.83 bits per heavy atom. The van der Waals surface area contributed by atoms with Crippen molar-refractivity contribution in [1.29, 1.82) is 0 Å². The lowest BCUT2D eigenvalue weighted by atomic mass is 10.0. The average Bonchev–Trinajstić information content (AvgIpc) is 2.87. The summed E-state index contributed by atoms with van der Waals surface area (Å²) in [5.74, 6) is 0.149. The minimum atomic E-state index is -0.517. The van der Waals surface area contributed by atoms with Crippen LogP contribution in [0.4, 0.5) is 0 Å². The van der Waals surface area contributed by atoms with Crippen molar-refractivity contribution >= 4 is 21.6 Å². The smallest absolute Gasteiger partial charge is 0.132 e. The van der Waals surface area contributed by atoms with E-state index in [9.17, 15) is 5.11 Å². The lowest BCUT2D eigenvalue weighted by molar-refractivity contribution is -0.0462. The molecule has 0 amide bonds. The number of hydroxylamine groups is 1. The molecule has 5 heteroatoms. The fourth-order valence-electron chi connectivity index (χ4n) is 1.71. The Hall–Kier alpha value is -0.910. The van der Waals surface area contributed by atoms with Crippen molar-refractivity contribution in [2.24, 2.45) is 5.92 Å². The number of aliphatic hydroxyl groups is 1. The Morgan fingerprint density at radius 2 is 2.28 bits per heavy atom. The molecule has 0 saturated carbocycles. The van der Waals surface area contributed by atoms with Gasteiger partial charge in [0.2, 0.25) is 0 Å². The van der Waals surface area contributed by atoms with E-state index in [0.29, 0.717) is 0 Å². The van der Waals surface area contributed by atoms with Crippen molar-refractivity contribution < 1.29 is 9.94 Å². The van der Waals surface area contributed by atoms with Gasteiger partial charge in [0.15, 0.2) is 0 Å². The van der Waals surface area contributed by atoms with Crippen LogP contribution in [0.3, 0.4) is 0 Å². The number of pyridine rings is 1. The molecule has 98 valence electrons. The van der Waals surface area contributed by atoms with Gasteiger partial charge in [-0.25, -0.2) is 0 Å². The highest BCUT2D eigenvalue weighted by atomic mass is 79.9. The summed E-state index contributed by atoms with van der Waals surface area (Å²) >= 11 is 3.38. The number of hydrogen-bond acceptors (Lipinski definition) is 4. The molecule has 4 nitrogen and oxygen atoms in total. The van der Waals surface area contributed by atoms with Gasteiger partial charge in [0, 0.05) is 11.5 Å². The molecule has 18 heavy (non-hydrogen) atoms. The summed E-state index contributed by atoms with van der Waals surface area (Å²) < 4.78 is 0. The zero-order chi connectivity index (χ0) is 13.1. The molecular weight excluding hydrogens is 296 g/mol. The van der Waals surface area contributed by atoms with Crippen LogP contribution in [0.5, 0.6) is 0 Å². The second kappa shape index (κ2) is 5.82. The minimum absolute atomic E-state index is 0.149. The monoisotopic (exact) mass is 312 g/mol. The molecule has 1 aromatic rings. The van der Waals surface area contributed by atoms with Gasteiger partial charge < -0.3 is 5.11 Å². The molecule has 0 bridgehead atoms. The number of nitrogens with one attached hydrogen (secondary N) is 1. The van der Waals surface area contributed by atoms with E-state index in [1.54, 1.807) is 0 Å². The van der Waals surface area contributed by atoms with Crippen molar-refractivity contribution in [3.63, 3.8) is 0 Å². The molecule has 1 aromatic heterocycles. The maximum Gasteiger partial charge on any atom is 0.132 e. The molecule has 2 rings (SSSR count). The van der Waals surface area contributed by atoms with E-state index in [2.05, 4.69) is 26.4 Å². The van der Waals surface area contributed by atoms with Crippen LogP contribution >= 0.6 is 15.9 Å². The number of nitrogens with zero attached hydrogens (tertiary/aromatic N) is 1. The van der Waals surface area contributed by atoms with Crippen molar-refractivity contribution in [1.82, 2.24) is 10.5 Å². The first kappa shape index (κ1) is 13.5. The highest BCUT2D eigenvalue weighted by molar-refractivity contribution is 9.08. The molecule has 0 aromatic carbocycles. The SMILES string of the molecule is CC(C)C(O)C1C=C(c2ccc(CBr)cn2)NO1. The van der Waals surface area contributed by atoms with E-state index in [0.717, 1.165) is 22.3 Å². The van der Waals surface area contributed by atoms with E-state index in [1.807, 2.05) is 38.3 Å². The van der Waals surface area contributed by atoms with Gasteiger partial charge in [-0.15, -0.1) is 0 Å². The fourth-order valence-corrected chi connectivity index (χ4v) is 2.04. The van der Waals surface area contributed by atoms with Gasteiger partial charge >= 0.3 is 0 Å². The highest BCUT2D eigenvalue weighted by Gasteiger charge is 2.27. The van der Waals surface area contributed by atoms with Crippen molar-refractivity contribution in [3.8, 4) is 0 Å². The number of halogens is 1. The predicted octanol–water partition coefficient (Wildman–Crippen LogP) is 2.24. The highest BCUT2D eigenvalue weighted by Crippen LogP contribution is 2.21. The van der Waals surface area contributed by atoms with Crippen molar-refractivity contribution in [2.75, 3.05) is 0 Å². The molecule has 2 heterocycles. The van der Waals surface area contributed by atoms with Crippen LogP contribution in [0.2, 0.25) is 0 Å². The molecule has 0 saturated heterocycles. The standard InChI is InChI=1S/C13H17BrN2O2/c1-8(2)13(17)12-5-11(16-18-12)10-4-3-9(6-14)7-15-10/h3-5,7-8,12-13,16-17H,6H2,1-2H3. The molecule has 1 aliphatic rings. The third-order valence-corrected chi connectivity index (χ3v) is 3.56. The Labute approximate surface area is 115 Å². The average molecular weight is 313 g/mol. The first-order valence-electron chi connectivity index (χ1n) is 5.94. The zero-order valence-electron chi connectivity index (χ0n) is 10.4. The van der Waals surface area contributed by atoms with E-state index < -0.39 is 6.10 Å². The van der Waals surface area contributed by atoms with Crippen molar-refractivity contribution in [2.45, 2.75) is 31.4 Å². The molecule has 0 radical (unpaired) electrons. The third kappa shape index (κ3) is 2.91. The summed E-state index contributed by atoms with van der Waals surface area (Å²) in [7, 11) is 0. The molecule has 0 fully saturated rings. The van der Waals surface area contributed by atoms with Gasteiger partial charge in [-0.1, -0.05) is 35.8 Å². The van der Waals surface area contributed by atoms with Crippen LogP contribution < -0.4 is 5.48 Å². The summed E-state index contributed by atoms with van der Waals surface area (Å²) in [6.07, 6.45) is 2.86. The summed E-state index contributed by atoms with van der Waals surface area (Å²) in [5.41, 5.74) is 5.57. The number of rotatable bonds is 4. The normalized spacial score (nSPS) is 20.7. The molecule has 0 spiro atoms. The van der Waals surface area contributed by atoms with Gasteiger partial charge in [0.05, 0.1) is 17.5 Å². The van der Waals surface area contributed by atoms with Crippen LogP contribution in [0.1, 0.15) is 25.1 Å². The van der Waals surface area contributed by atoms with E-state index in [-0.39, 0.29) is 12.0 Å². The largest absolute Gasteiger partial charge is 0.390 e. The van der Waals surface area contributed by atoms with Crippen LogP contribution in [0.15, 0.2) is 24.4 Å². The maximum atomic E-state index is 9.94. The fraction of sp³-hybridized carbons (Fsp3) is 0.462. The van der Waals surface area contributed by atoms with Gasteiger partial charge in [-0.05, 0) is 23.6 Å². The van der Waals surface area contributed by atoms with Crippen LogP contribution in [0.25, 0.3) is 5.70 Å². The first-order valence-corrected chi connectivity index (χ1v) is 7.06. The third-order valence-electron chi connectivity index (χ3n) is 2.91. The minimum Gasteiger partial charge on any atom is -0.390 e. The molecule has 2 N–H and O–H groups in total. The zero-order valence-corrected chi connectivity index (χ0v) is 12.0. The molecule has 2 atom stereocenters. The van der Waals surface area contributed by atoms with E-state index in [4.69, 9.17) is 4.84 Å². The first-order chi connectivity index (χ1) is 8.61. The van der Waals surface area contributed by atoms with E-state index >= 15 is 0 Å². The number of alkyl halides is 1. The Bertz CT molecular complexity index is 431. The predicted molar refractivity (Wildman–Crippen MR) is 73.7 cm³/mol. The lowest BCUT2D eigenvalue weighted by Crippen LogP contribution is -2.31. The topological polar surface area (TPSA) is 54.4 Å². The summed E-state index contributed by atoms with van der Waals surface area (Å²) in [6.45, 7) is 3.92. The maximum absolute atomic E-state index is 9.94. The van der Waals surface area contributed by atoms with Crippen LogP contribution in [0, 0.1) is 5.92 Å². The summed E-state index contributed by atoms with van der Waals surface area (Å²) in [4.78, 5) is 9.71. The van der Waals surface area contributed by atoms with E-state index in [1.165, 1.54) is 0 Å². The summed E-state index contributed by atoms with van der Waals surface area (Å²) in [5, 5.41) is 10.7. The molecule has 1 aliphatic heterocycles. The second-order valence-electron chi connectivity index (χ2n) is 4.68. The van der Waals surface area contributed by atoms with Gasteiger partial charge in [-0.3, -0.25) is 15.3 Å². The lowest BCUT2D eigenvalue weighted by Gasteiger charge is -2.18. The van der Waals surface area contributed by atoms with Crippen LogP contribution in [-0.2, 0) is 10.2 Å². The molecular formula is C13H17BrN2O2. The van der Waals surface area contributed by atoms with Crippen LogP contribution in [-0.4, -0.2) is 22.3 Å². The number of hydrogen-bond donors (Lipinski definition) is 2. The number of aromatic nitrogens is 1. The number of aliphatic hydroxyl groups excluding tert-OH is 1. The van der Waals surface area contributed by atoms with Crippen molar-refractivity contribution in [3.05, 3.63) is 35.7 Å². The quantitative estimate of drug-likeness (QED) is 0.837. The van der Waals surface area contributed by atoms with Gasteiger partial charge in [0.1, 0.15) is 6.10 Å².